The number of rotatable bonds is 11. The number of hydrogen-bond donors (Lipinski definition) is 2. The Hall–Kier alpha value is -3.68. The van der Waals surface area contributed by atoms with Crippen LogP contribution in [0.4, 0.5) is 0 Å². The average Bonchev–Trinajstić information content (AvgIpc) is 3.57. The molecule has 3 aromatic carbocycles. The molecule has 2 heterocycles. The fraction of sp³-hybridized carbons (Fsp3) is 0.429. The maximum absolute atomic E-state index is 14.4. The zero-order chi connectivity index (χ0) is 29.6. The number of piperidine rings is 1. The van der Waals surface area contributed by atoms with E-state index in [1.165, 1.54) is 0 Å². The number of carboxylic acids is 1. The van der Waals surface area contributed by atoms with Crippen molar-refractivity contribution in [2.24, 2.45) is 0 Å². The number of ether oxygens (including phenoxy) is 1. The van der Waals surface area contributed by atoms with Crippen LogP contribution in [-0.2, 0) is 20.6 Å². The van der Waals surface area contributed by atoms with E-state index in [1.54, 1.807) is 19.1 Å². The van der Waals surface area contributed by atoms with Gasteiger partial charge in [-0.05, 0) is 62.3 Å². The van der Waals surface area contributed by atoms with Crippen LogP contribution >= 0.6 is 0 Å². The van der Waals surface area contributed by atoms with Gasteiger partial charge in [0.25, 0.3) is 0 Å². The van der Waals surface area contributed by atoms with E-state index in [0.29, 0.717) is 56.6 Å². The first-order valence-corrected chi connectivity index (χ1v) is 15.2. The number of carboxylic acid groups (broad SMARTS) is 1. The highest BCUT2D eigenvalue weighted by atomic mass is 16.5. The summed E-state index contributed by atoms with van der Waals surface area (Å²) >= 11 is 0. The molecule has 0 bridgehead atoms. The van der Waals surface area contributed by atoms with Crippen LogP contribution in [0.25, 0.3) is 0 Å². The summed E-state index contributed by atoms with van der Waals surface area (Å²) in [5.74, 6) is -0.426. The Balaban J connectivity index is 1.37. The van der Waals surface area contributed by atoms with Gasteiger partial charge in [-0.25, -0.2) is 4.79 Å². The van der Waals surface area contributed by atoms with E-state index < -0.39 is 23.1 Å². The van der Waals surface area contributed by atoms with E-state index in [1.807, 2.05) is 53.4 Å². The molecule has 7 heteroatoms. The Morgan fingerprint density at radius 2 is 1.40 bits per heavy atom. The van der Waals surface area contributed by atoms with Crippen LogP contribution in [-0.4, -0.2) is 70.7 Å². The number of aliphatic carboxylic acids is 1. The molecule has 1 atom stereocenters. The molecule has 1 unspecified atom stereocenters. The topological polar surface area (TPSA) is 90.3 Å². The Kier molecular flexibility index (Phi) is 9.29. The summed E-state index contributed by atoms with van der Waals surface area (Å²) in [7, 11) is 0. The van der Waals surface area contributed by atoms with Gasteiger partial charge < -0.3 is 24.7 Å². The van der Waals surface area contributed by atoms with Crippen LogP contribution < -0.4 is 4.74 Å². The minimum absolute atomic E-state index is 0.167. The number of carbonyl (C=O) groups is 2. The molecule has 2 N–H and O–H groups in total. The summed E-state index contributed by atoms with van der Waals surface area (Å²) in [6.07, 6.45) is 3.04. The van der Waals surface area contributed by atoms with E-state index >= 15 is 0 Å². The molecule has 1 amide bonds. The van der Waals surface area contributed by atoms with Crippen molar-refractivity contribution < 1.29 is 24.5 Å². The number of hydrogen-bond acceptors (Lipinski definition) is 5. The normalized spacial score (nSPS) is 18.0. The van der Waals surface area contributed by atoms with Gasteiger partial charge >= 0.3 is 5.97 Å². The molecule has 5 rings (SSSR count). The van der Waals surface area contributed by atoms with Gasteiger partial charge in [-0.2, -0.15) is 0 Å². The van der Waals surface area contributed by atoms with Crippen LogP contribution in [0.5, 0.6) is 5.75 Å². The van der Waals surface area contributed by atoms with Crippen molar-refractivity contribution in [2.45, 2.75) is 62.6 Å². The molecule has 3 aromatic rings. The third-order valence-electron chi connectivity index (χ3n) is 9.08. The lowest BCUT2D eigenvalue weighted by atomic mass is 9.70. The number of likely N-dealkylation sites (tertiary alicyclic amines) is 2. The maximum Gasteiger partial charge on any atom is 0.344 e. The SMILES string of the molecule is CCC(Oc1ccccc1C1(O)CCN(CCC(C(=O)N2CCCC2)(c2ccccc2)c2ccccc2)CC1)C(=O)O. The lowest BCUT2D eigenvalue weighted by Gasteiger charge is -2.42. The molecule has 2 fully saturated rings. The molecule has 222 valence electrons. The molecule has 42 heavy (non-hydrogen) atoms. The Labute approximate surface area is 248 Å². The van der Waals surface area contributed by atoms with E-state index in [9.17, 15) is 19.8 Å². The molecule has 2 aliphatic rings. The number of para-hydroxylation sites is 1. The average molecular weight is 571 g/mol. The van der Waals surface area contributed by atoms with Gasteiger partial charge in [-0.1, -0.05) is 85.8 Å². The van der Waals surface area contributed by atoms with Gasteiger partial charge in [0.05, 0.1) is 5.60 Å². The second-order valence-corrected chi connectivity index (χ2v) is 11.6. The lowest BCUT2D eigenvalue weighted by molar-refractivity contribution is -0.145. The lowest BCUT2D eigenvalue weighted by Crippen LogP contribution is -2.50. The monoisotopic (exact) mass is 570 g/mol. The van der Waals surface area contributed by atoms with E-state index in [0.717, 1.165) is 37.1 Å². The van der Waals surface area contributed by atoms with Crippen molar-refractivity contribution in [3.8, 4) is 5.75 Å². The van der Waals surface area contributed by atoms with Crippen molar-refractivity contribution in [3.63, 3.8) is 0 Å². The Morgan fingerprint density at radius 3 is 1.95 bits per heavy atom. The summed E-state index contributed by atoms with van der Waals surface area (Å²) in [4.78, 5) is 30.4. The molecule has 0 saturated carbocycles. The molecular formula is C35H42N2O5. The van der Waals surface area contributed by atoms with Crippen LogP contribution in [0.15, 0.2) is 84.9 Å². The van der Waals surface area contributed by atoms with Crippen molar-refractivity contribution in [3.05, 3.63) is 102 Å². The highest BCUT2D eigenvalue weighted by molar-refractivity contribution is 5.92. The molecular weight excluding hydrogens is 528 g/mol. The van der Waals surface area contributed by atoms with Gasteiger partial charge in [0.1, 0.15) is 11.2 Å². The summed E-state index contributed by atoms with van der Waals surface area (Å²) in [5.41, 5.74) is 0.739. The smallest absolute Gasteiger partial charge is 0.344 e. The number of nitrogens with zero attached hydrogens (tertiary/aromatic N) is 2. The third kappa shape index (κ3) is 6.08. The first-order chi connectivity index (χ1) is 20.4. The predicted molar refractivity (Wildman–Crippen MR) is 162 cm³/mol. The fourth-order valence-corrected chi connectivity index (χ4v) is 6.60. The van der Waals surface area contributed by atoms with Gasteiger partial charge in [0.2, 0.25) is 5.91 Å². The summed E-state index contributed by atoms with van der Waals surface area (Å²) < 4.78 is 5.85. The number of aliphatic hydroxyl groups is 1. The van der Waals surface area contributed by atoms with Gasteiger partial charge in [0, 0.05) is 31.7 Å². The summed E-state index contributed by atoms with van der Waals surface area (Å²) in [6, 6.07) is 27.6. The van der Waals surface area contributed by atoms with Crippen molar-refractivity contribution >= 4 is 11.9 Å². The zero-order valence-electron chi connectivity index (χ0n) is 24.5. The number of carbonyl (C=O) groups excluding carboxylic acids is 1. The summed E-state index contributed by atoms with van der Waals surface area (Å²) in [6.45, 7) is 5.36. The molecule has 0 aliphatic carbocycles. The quantitative estimate of drug-likeness (QED) is 0.329. The molecule has 2 aliphatic heterocycles. The van der Waals surface area contributed by atoms with E-state index in [-0.39, 0.29) is 5.91 Å². The number of amides is 1. The molecule has 2 saturated heterocycles. The summed E-state index contributed by atoms with van der Waals surface area (Å²) in [5, 5.41) is 21.3. The second kappa shape index (κ2) is 13.1. The fourth-order valence-electron chi connectivity index (χ4n) is 6.60. The van der Waals surface area contributed by atoms with Crippen LogP contribution in [0, 0.1) is 0 Å². The van der Waals surface area contributed by atoms with E-state index in [2.05, 4.69) is 29.2 Å². The standard InChI is InChI=1S/C35H42N2O5/c1-2-30(32(38)39)42-31-18-10-9-17-29(31)34(41)19-24-36(25-20-34)26-21-35(27-13-5-3-6-14-27,28-15-7-4-8-16-28)33(40)37-22-11-12-23-37/h3-10,13-18,30,41H,2,11-12,19-26H2,1H3,(H,38,39). The van der Waals surface area contributed by atoms with Gasteiger partial charge in [-0.15, -0.1) is 0 Å². The largest absolute Gasteiger partial charge is 0.479 e. The van der Waals surface area contributed by atoms with Crippen LogP contribution in [0.1, 0.15) is 62.1 Å². The first-order valence-electron chi connectivity index (χ1n) is 15.2. The first kappa shape index (κ1) is 29.8. The molecule has 7 nitrogen and oxygen atoms in total. The van der Waals surface area contributed by atoms with Crippen LogP contribution in [0.3, 0.4) is 0 Å². The molecule has 0 aromatic heterocycles. The predicted octanol–water partition coefficient (Wildman–Crippen LogP) is 5.21. The van der Waals surface area contributed by atoms with Crippen molar-refractivity contribution in [1.29, 1.82) is 0 Å². The molecule has 0 radical (unpaired) electrons. The van der Waals surface area contributed by atoms with Crippen molar-refractivity contribution in [1.82, 2.24) is 9.80 Å². The van der Waals surface area contributed by atoms with Gasteiger partial charge in [0.15, 0.2) is 6.10 Å². The minimum atomic E-state index is -1.12. The zero-order valence-corrected chi connectivity index (χ0v) is 24.5. The second-order valence-electron chi connectivity index (χ2n) is 11.6. The minimum Gasteiger partial charge on any atom is -0.479 e. The highest BCUT2D eigenvalue weighted by Gasteiger charge is 2.45. The maximum atomic E-state index is 14.4. The third-order valence-corrected chi connectivity index (χ3v) is 9.08. The van der Waals surface area contributed by atoms with Crippen molar-refractivity contribution in [2.75, 3.05) is 32.7 Å². The molecule has 0 spiro atoms. The number of benzene rings is 3. The Morgan fingerprint density at radius 1 is 0.857 bits per heavy atom. The van der Waals surface area contributed by atoms with Crippen LogP contribution in [0.2, 0.25) is 0 Å². The van der Waals surface area contributed by atoms with E-state index in [4.69, 9.17) is 4.74 Å². The van der Waals surface area contributed by atoms with Gasteiger partial charge in [-0.3, -0.25) is 4.79 Å². The Bertz CT molecular complexity index is 1290. The highest BCUT2D eigenvalue weighted by Crippen LogP contribution is 2.41.